The molecule has 0 saturated carbocycles. The molecule has 1 aliphatic rings. The van der Waals surface area contributed by atoms with Gasteiger partial charge in [-0.15, -0.1) is 0 Å². The zero-order valence-corrected chi connectivity index (χ0v) is 15.8. The van der Waals surface area contributed by atoms with Gasteiger partial charge in [0.25, 0.3) is 5.91 Å². The Hall–Kier alpha value is -2.55. The number of alkyl halides is 6. The fourth-order valence-electron chi connectivity index (χ4n) is 3.86. The van der Waals surface area contributed by atoms with Crippen LogP contribution in [0.2, 0.25) is 0 Å². The van der Waals surface area contributed by atoms with Gasteiger partial charge >= 0.3 is 12.4 Å². The van der Waals surface area contributed by atoms with Gasteiger partial charge in [-0.1, -0.05) is 36.4 Å². The van der Waals surface area contributed by atoms with Crippen molar-refractivity contribution in [3.63, 3.8) is 0 Å². The highest BCUT2D eigenvalue weighted by Crippen LogP contribution is 2.42. The number of nitrogens with zero attached hydrogens (tertiary/aromatic N) is 1. The molecule has 30 heavy (non-hydrogen) atoms. The number of amides is 1. The second-order valence-corrected chi connectivity index (χ2v) is 7.35. The second-order valence-electron chi connectivity index (χ2n) is 7.35. The molecule has 2 unspecified atom stereocenters. The Labute approximate surface area is 169 Å². The van der Waals surface area contributed by atoms with Crippen molar-refractivity contribution in [2.75, 3.05) is 6.54 Å². The second kappa shape index (κ2) is 8.29. The van der Waals surface area contributed by atoms with E-state index in [1.165, 1.54) is 4.90 Å². The van der Waals surface area contributed by atoms with Crippen LogP contribution in [0, 0.1) is 0 Å². The van der Waals surface area contributed by atoms with E-state index >= 15 is 0 Å². The Morgan fingerprint density at radius 1 is 0.967 bits per heavy atom. The van der Waals surface area contributed by atoms with Crippen LogP contribution in [-0.2, 0) is 18.8 Å². The van der Waals surface area contributed by atoms with Crippen LogP contribution >= 0.6 is 0 Å². The van der Waals surface area contributed by atoms with Gasteiger partial charge < -0.3 is 10.6 Å². The van der Waals surface area contributed by atoms with Gasteiger partial charge in [0.05, 0.1) is 16.7 Å². The van der Waals surface area contributed by atoms with Crippen LogP contribution in [-0.4, -0.2) is 29.4 Å². The smallest absolute Gasteiger partial charge is 0.335 e. The maximum Gasteiger partial charge on any atom is 0.417 e. The molecule has 0 radical (unpaired) electrons. The van der Waals surface area contributed by atoms with Crippen LogP contribution in [0.3, 0.4) is 0 Å². The predicted octanol–water partition coefficient (Wildman–Crippen LogP) is 4.90. The number of benzene rings is 2. The minimum absolute atomic E-state index is 0.0744. The summed E-state index contributed by atoms with van der Waals surface area (Å²) in [6.07, 6.45) is -9.52. The van der Waals surface area contributed by atoms with Crippen LogP contribution in [0.15, 0.2) is 48.5 Å². The van der Waals surface area contributed by atoms with Gasteiger partial charge in [0.2, 0.25) is 0 Å². The number of likely N-dealkylation sites (tertiary alicyclic amines) is 1. The quantitative estimate of drug-likeness (QED) is 0.705. The molecule has 1 amide bonds. The summed E-state index contributed by atoms with van der Waals surface area (Å²) < 4.78 is 80.5. The summed E-state index contributed by atoms with van der Waals surface area (Å²) in [5, 5.41) is 0. The van der Waals surface area contributed by atoms with E-state index in [1.54, 1.807) is 18.2 Å². The lowest BCUT2D eigenvalue weighted by molar-refractivity contribution is -0.162. The summed E-state index contributed by atoms with van der Waals surface area (Å²) >= 11 is 0. The van der Waals surface area contributed by atoms with Crippen molar-refractivity contribution in [1.29, 1.82) is 0 Å². The van der Waals surface area contributed by atoms with Crippen molar-refractivity contribution in [2.45, 2.75) is 43.7 Å². The summed E-state index contributed by atoms with van der Waals surface area (Å²) in [6, 6.07) is 10.2. The van der Waals surface area contributed by atoms with Crippen molar-refractivity contribution in [3.8, 4) is 0 Å². The predicted molar refractivity (Wildman–Crippen MR) is 98.6 cm³/mol. The maximum absolute atomic E-state index is 13.6. The van der Waals surface area contributed by atoms with E-state index in [9.17, 15) is 31.1 Å². The van der Waals surface area contributed by atoms with Crippen molar-refractivity contribution < 1.29 is 31.1 Å². The lowest BCUT2D eigenvalue weighted by Gasteiger charge is -2.39. The molecule has 2 atom stereocenters. The Morgan fingerprint density at radius 3 is 2.23 bits per heavy atom. The minimum atomic E-state index is -5.34. The summed E-state index contributed by atoms with van der Waals surface area (Å²) in [5.74, 6) is -1.07. The molecule has 3 nitrogen and oxygen atoms in total. The summed E-state index contributed by atoms with van der Waals surface area (Å²) in [6.45, 7) is 0.0744. The number of nitrogens with two attached hydrogens (primary N) is 1. The van der Waals surface area contributed by atoms with E-state index in [2.05, 4.69) is 0 Å². The van der Waals surface area contributed by atoms with Gasteiger partial charge in [0.15, 0.2) is 0 Å². The molecular formula is C21H20F6N2O. The molecule has 3 rings (SSSR count). The molecule has 2 N–H and O–H groups in total. The van der Waals surface area contributed by atoms with Gasteiger partial charge in [0.1, 0.15) is 0 Å². The third-order valence-electron chi connectivity index (χ3n) is 5.22. The molecule has 0 aliphatic carbocycles. The van der Waals surface area contributed by atoms with Gasteiger partial charge in [-0.25, -0.2) is 0 Å². The molecular weight excluding hydrogens is 410 g/mol. The number of hydrogen-bond acceptors (Lipinski definition) is 2. The average molecular weight is 430 g/mol. The maximum atomic E-state index is 13.6. The average Bonchev–Trinajstić information content (AvgIpc) is 2.66. The molecule has 2 aromatic carbocycles. The third kappa shape index (κ3) is 4.77. The standard InChI is InChI=1S/C21H20F6N2O/c22-20(23,24)17-8-4-7-16(18(17)21(25,26)27)19(30)29-10-9-14(28)12-15(29)11-13-5-2-1-3-6-13/h1-8,14-15H,9-12,28H2. The summed E-state index contributed by atoms with van der Waals surface area (Å²) in [4.78, 5) is 14.3. The Bertz CT molecular complexity index is 895. The number of hydrogen-bond donors (Lipinski definition) is 1. The van der Waals surface area contributed by atoms with Crippen LogP contribution < -0.4 is 5.73 Å². The molecule has 162 valence electrons. The first-order chi connectivity index (χ1) is 14.0. The van der Waals surface area contributed by atoms with Gasteiger partial charge in [-0.05, 0) is 37.0 Å². The first kappa shape index (κ1) is 22.1. The summed E-state index contributed by atoms with van der Waals surface area (Å²) in [7, 11) is 0. The molecule has 1 fully saturated rings. The fourth-order valence-corrected chi connectivity index (χ4v) is 3.86. The molecule has 1 heterocycles. The molecule has 0 aromatic heterocycles. The fraction of sp³-hybridized carbons (Fsp3) is 0.381. The lowest BCUT2D eigenvalue weighted by atomic mass is 9.91. The van der Waals surface area contributed by atoms with Crippen LogP contribution in [0.4, 0.5) is 26.3 Å². The van der Waals surface area contributed by atoms with E-state index in [4.69, 9.17) is 5.73 Å². The van der Waals surface area contributed by atoms with E-state index in [0.717, 1.165) is 17.7 Å². The minimum Gasteiger partial charge on any atom is -0.335 e. The number of rotatable bonds is 3. The van der Waals surface area contributed by atoms with Crippen molar-refractivity contribution in [3.05, 3.63) is 70.8 Å². The highest BCUT2D eigenvalue weighted by molar-refractivity contribution is 5.96. The Kier molecular flexibility index (Phi) is 6.12. The van der Waals surface area contributed by atoms with Crippen LogP contribution in [0.5, 0.6) is 0 Å². The van der Waals surface area contributed by atoms with Crippen molar-refractivity contribution in [2.24, 2.45) is 5.73 Å². The molecule has 2 aromatic rings. The van der Waals surface area contributed by atoms with Crippen molar-refractivity contribution >= 4 is 5.91 Å². The first-order valence-corrected chi connectivity index (χ1v) is 9.36. The highest BCUT2D eigenvalue weighted by Gasteiger charge is 2.46. The zero-order valence-electron chi connectivity index (χ0n) is 15.8. The zero-order chi connectivity index (χ0) is 22.1. The Balaban J connectivity index is 2.01. The van der Waals surface area contributed by atoms with E-state index in [0.29, 0.717) is 25.3 Å². The third-order valence-corrected chi connectivity index (χ3v) is 5.22. The van der Waals surface area contributed by atoms with Gasteiger partial charge in [-0.2, -0.15) is 26.3 Å². The van der Waals surface area contributed by atoms with E-state index < -0.39 is 41.0 Å². The molecule has 0 spiro atoms. The SMILES string of the molecule is NC1CCN(C(=O)c2cccc(C(F)(F)F)c2C(F)(F)F)C(Cc2ccccc2)C1. The van der Waals surface area contributed by atoms with Crippen LogP contribution in [0.25, 0.3) is 0 Å². The van der Waals surface area contributed by atoms with E-state index in [1.807, 2.05) is 12.1 Å². The topological polar surface area (TPSA) is 46.3 Å². The molecule has 0 bridgehead atoms. The van der Waals surface area contributed by atoms with Crippen LogP contribution in [0.1, 0.15) is 39.9 Å². The monoisotopic (exact) mass is 430 g/mol. The van der Waals surface area contributed by atoms with Crippen molar-refractivity contribution in [1.82, 2.24) is 4.90 Å². The highest BCUT2D eigenvalue weighted by atomic mass is 19.4. The first-order valence-electron chi connectivity index (χ1n) is 9.36. The normalized spacial score (nSPS) is 20.3. The summed E-state index contributed by atoms with van der Waals surface area (Å²) in [5.41, 5.74) is 2.04. The molecule has 9 heteroatoms. The lowest BCUT2D eigenvalue weighted by Crippen LogP contribution is -2.51. The Morgan fingerprint density at radius 2 is 1.63 bits per heavy atom. The largest absolute Gasteiger partial charge is 0.417 e. The molecule has 1 saturated heterocycles. The van der Waals surface area contributed by atoms with Gasteiger partial charge in [0, 0.05) is 18.6 Å². The molecule has 1 aliphatic heterocycles. The number of piperidine rings is 1. The van der Waals surface area contributed by atoms with Gasteiger partial charge in [-0.3, -0.25) is 4.79 Å². The number of carbonyl (C=O) groups is 1. The number of halogens is 6. The van der Waals surface area contributed by atoms with E-state index in [-0.39, 0.29) is 12.6 Å². The number of carbonyl (C=O) groups excluding carboxylic acids is 1.